The Kier molecular flexibility index (Phi) is 2.36. The Bertz CT molecular complexity index is 413. The van der Waals surface area contributed by atoms with Gasteiger partial charge in [0.15, 0.2) is 0 Å². The quantitative estimate of drug-likeness (QED) is 0.761. The number of hydrogen-bond donors (Lipinski definition) is 1. The van der Waals surface area contributed by atoms with Crippen LogP contribution < -0.4 is 5.73 Å². The fraction of sp³-hybridized carbons (Fsp3) is 0.100. The van der Waals surface area contributed by atoms with E-state index in [2.05, 4.69) is 15.0 Å². The molecule has 0 aliphatic rings. The molecule has 2 rings (SSSR count). The summed E-state index contributed by atoms with van der Waals surface area (Å²) >= 11 is 0. The van der Waals surface area contributed by atoms with Crippen molar-refractivity contribution in [3.63, 3.8) is 0 Å². The summed E-state index contributed by atoms with van der Waals surface area (Å²) in [6, 6.07) is 7.63. The molecule has 0 unspecified atom stereocenters. The molecule has 2 heterocycles. The summed E-state index contributed by atoms with van der Waals surface area (Å²) in [7, 11) is 0. The highest BCUT2D eigenvalue weighted by Crippen LogP contribution is 2.04. The van der Waals surface area contributed by atoms with Crippen LogP contribution in [0.15, 0.2) is 36.7 Å². The van der Waals surface area contributed by atoms with Gasteiger partial charge in [-0.1, -0.05) is 6.07 Å². The van der Waals surface area contributed by atoms with Crippen LogP contribution in [0.1, 0.15) is 11.4 Å². The number of nitrogen functional groups attached to an aromatic ring is 1. The van der Waals surface area contributed by atoms with Gasteiger partial charge >= 0.3 is 0 Å². The van der Waals surface area contributed by atoms with Gasteiger partial charge in [-0.3, -0.25) is 4.98 Å². The molecule has 4 nitrogen and oxygen atoms in total. The molecular formula is C10H10N4. The van der Waals surface area contributed by atoms with Crippen LogP contribution in [-0.2, 0) is 6.42 Å². The van der Waals surface area contributed by atoms with Gasteiger partial charge in [0.1, 0.15) is 0 Å². The van der Waals surface area contributed by atoms with Gasteiger partial charge < -0.3 is 5.73 Å². The second kappa shape index (κ2) is 3.83. The highest BCUT2D eigenvalue weighted by atomic mass is 15.0. The molecule has 0 saturated heterocycles. The van der Waals surface area contributed by atoms with Gasteiger partial charge in [-0.2, -0.15) is 0 Å². The van der Waals surface area contributed by atoms with E-state index in [0.717, 1.165) is 11.4 Å². The van der Waals surface area contributed by atoms with Crippen LogP contribution in [0, 0.1) is 0 Å². The Morgan fingerprint density at radius 3 is 2.64 bits per heavy atom. The lowest BCUT2D eigenvalue weighted by molar-refractivity contribution is 0.994. The predicted molar refractivity (Wildman–Crippen MR) is 53.5 cm³/mol. The van der Waals surface area contributed by atoms with E-state index in [9.17, 15) is 0 Å². The first-order valence-electron chi connectivity index (χ1n) is 4.32. The molecule has 2 N–H and O–H groups in total. The second-order valence-corrected chi connectivity index (χ2v) is 2.90. The molecule has 0 amide bonds. The van der Waals surface area contributed by atoms with Gasteiger partial charge in [0, 0.05) is 24.5 Å². The first-order chi connectivity index (χ1) is 6.84. The van der Waals surface area contributed by atoms with Gasteiger partial charge in [-0.15, -0.1) is 0 Å². The van der Waals surface area contributed by atoms with Crippen LogP contribution in [0.3, 0.4) is 0 Å². The van der Waals surface area contributed by atoms with Gasteiger partial charge in [0.05, 0.1) is 5.69 Å². The van der Waals surface area contributed by atoms with Crippen LogP contribution in [-0.4, -0.2) is 15.0 Å². The predicted octanol–water partition coefficient (Wildman–Crippen LogP) is 1.04. The van der Waals surface area contributed by atoms with E-state index in [1.807, 2.05) is 24.3 Å². The summed E-state index contributed by atoms with van der Waals surface area (Å²) in [4.78, 5) is 12.1. The second-order valence-electron chi connectivity index (χ2n) is 2.90. The van der Waals surface area contributed by atoms with Crippen molar-refractivity contribution < 1.29 is 0 Å². The maximum atomic E-state index is 5.47. The Morgan fingerprint density at radius 2 is 1.93 bits per heavy atom. The number of nitrogens with zero attached hydrogens (tertiary/aromatic N) is 3. The number of rotatable bonds is 2. The molecule has 14 heavy (non-hydrogen) atoms. The topological polar surface area (TPSA) is 64.7 Å². The molecule has 0 saturated carbocycles. The van der Waals surface area contributed by atoms with Crippen molar-refractivity contribution in [2.45, 2.75) is 6.42 Å². The zero-order chi connectivity index (χ0) is 9.80. The minimum Gasteiger partial charge on any atom is -0.368 e. The van der Waals surface area contributed by atoms with Gasteiger partial charge in [-0.25, -0.2) is 9.97 Å². The minimum atomic E-state index is 0.304. The third kappa shape index (κ3) is 2.04. The van der Waals surface area contributed by atoms with Gasteiger partial charge in [0.2, 0.25) is 5.95 Å². The standard InChI is InChI=1S/C10H10N4/c11-10-13-6-4-9(14-10)7-8-3-1-2-5-12-8/h1-6H,7H2,(H2,11,13,14). The fourth-order valence-electron chi connectivity index (χ4n) is 1.20. The molecule has 0 radical (unpaired) electrons. The van der Waals surface area contributed by atoms with Crippen LogP contribution in [0.5, 0.6) is 0 Å². The highest BCUT2D eigenvalue weighted by molar-refractivity contribution is 5.20. The van der Waals surface area contributed by atoms with Crippen LogP contribution >= 0.6 is 0 Å². The van der Waals surface area contributed by atoms with E-state index in [1.165, 1.54) is 0 Å². The number of anilines is 1. The lowest BCUT2D eigenvalue weighted by Crippen LogP contribution is -1.99. The molecule has 0 fully saturated rings. The number of nitrogens with two attached hydrogens (primary N) is 1. The zero-order valence-corrected chi connectivity index (χ0v) is 7.59. The Morgan fingerprint density at radius 1 is 1.00 bits per heavy atom. The Hall–Kier alpha value is -1.97. The Labute approximate surface area is 81.9 Å². The molecule has 70 valence electrons. The van der Waals surface area contributed by atoms with E-state index in [4.69, 9.17) is 5.73 Å². The molecule has 2 aromatic heterocycles. The largest absolute Gasteiger partial charge is 0.368 e. The van der Waals surface area contributed by atoms with Crippen LogP contribution in [0.2, 0.25) is 0 Å². The number of pyridine rings is 1. The maximum Gasteiger partial charge on any atom is 0.220 e. The zero-order valence-electron chi connectivity index (χ0n) is 7.59. The van der Waals surface area contributed by atoms with Crippen molar-refractivity contribution in [3.8, 4) is 0 Å². The lowest BCUT2D eigenvalue weighted by Gasteiger charge is -1.99. The summed E-state index contributed by atoms with van der Waals surface area (Å²) in [5.41, 5.74) is 7.33. The van der Waals surface area contributed by atoms with Crippen molar-refractivity contribution in [2.24, 2.45) is 0 Å². The highest BCUT2D eigenvalue weighted by Gasteiger charge is 1.98. The van der Waals surface area contributed by atoms with Crippen LogP contribution in [0.25, 0.3) is 0 Å². The molecule has 0 spiro atoms. The first-order valence-corrected chi connectivity index (χ1v) is 4.32. The molecule has 0 atom stereocenters. The molecular weight excluding hydrogens is 176 g/mol. The Balaban J connectivity index is 2.19. The maximum absolute atomic E-state index is 5.47. The summed E-state index contributed by atoms with van der Waals surface area (Å²) in [5.74, 6) is 0.304. The summed E-state index contributed by atoms with van der Waals surface area (Å²) < 4.78 is 0. The molecule has 0 aromatic carbocycles. The SMILES string of the molecule is Nc1nccc(Cc2ccccn2)n1. The van der Waals surface area contributed by atoms with Gasteiger partial charge in [0.25, 0.3) is 0 Å². The van der Waals surface area contributed by atoms with Crippen molar-refractivity contribution in [3.05, 3.63) is 48.0 Å². The van der Waals surface area contributed by atoms with E-state index < -0.39 is 0 Å². The van der Waals surface area contributed by atoms with E-state index >= 15 is 0 Å². The van der Waals surface area contributed by atoms with Gasteiger partial charge in [-0.05, 0) is 18.2 Å². The van der Waals surface area contributed by atoms with Crippen molar-refractivity contribution in [2.75, 3.05) is 5.73 Å². The molecule has 0 bridgehead atoms. The summed E-state index contributed by atoms with van der Waals surface area (Å²) in [5, 5.41) is 0. The third-order valence-corrected chi connectivity index (χ3v) is 1.82. The fourth-order valence-corrected chi connectivity index (χ4v) is 1.20. The summed E-state index contributed by atoms with van der Waals surface area (Å²) in [6.07, 6.45) is 4.11. The number of aromatic nitrogens is 3. The van der Waals surface area contributed by atoms with E-state index in [1.54, 1.807) is 12.4 Å². The van der Waals surface area contributed by atoms with E-state index in [-0.39, 0.29) is 0 Å². The number of hydrogen-bond acceptors (Lipinski definition) is 4. The molecule has 0 aliphatic carbocycles. The monoisotopic (exact) mass is 186 g/mol. The first kappa shape index (κ1) is 8.62. The molecule has 2 aromatic rings. The summed E-state index contributed by atoms with van der Waals surface area (Å²) in [6.45, 7) is 0. The van der Waals surface area contributed by atoms with E-state index in [0.29, 0.717) is 12.4 Å². The normalized spacial score (nSPS) is 10.0. The smallest absolute Gasteiger partial charge is 0.220 e. The average Bonchev–Trinajstić information content (AvgIpc) is 2.19. The third-order valence-electron chi connectivity index (χ3n) is 1.82. The van der Waals surface area contributed by atoms with Crippen molar-refractivity contribution >= 4 is 5.95 Å². The molecule has 0 aliphatic heterocycles. The average molecular weight is 186 g/mol. The molecule has 4 heteroatoms. The van der Waals surface area contributed by atoms with Crippen molar-refractivity contribution in [1.29, 1.82) is 0 Å². The van der Waals surface area contributed by atoms with Crippen molar-refractivity contribution in [1.82, 2.24) is 15.0 Å². The lowest BCUT2D eigenvalue weighted by atomic mass is 10.2. The minimum absolute atomic E-state index is 0.304. The van der Waals surface area contributed by atoms with Crippen LogP contribution in [0.4, 0.5) is 5.95 Å².